The Morgan fingerprint density at radius 2 is 1.89 bits per heavy atom. The van der Waals surface area contributed by atoms with Gasteiger partial charge in [0.15, 0.2) is 0 Å². The average molecular weight is 269 g/mol. The first-order chi connectivity index (χ1) is 8.15. The smallest absolute Gasteiger partial charge is 0.241 e. The molecule has 1 atom stereocenters. The molecule has 0 unspecified atom stereocenters. The van der Waals surface area contributed by atoms with E-state index in [9.17, 15) is 4.79 Å². The van der Waals surface area contributed by atoms with E-state index >= 15 is 0 Å². The lowest BCUT2D eigenvalue weighted by Crippen LogP contribution is -2.43. The van der Waals surface area contributed by atoms with Crippen LogP contribution < -0.4 is 10.6 Å². The molecule has 4 heteroatoms. The topological polar surface area (TPSA) is 41.1 Å². The van der Waals surface area contributed by atoms with Crippen LogP contribution in [-0.2, 0) is 4.79 Å². The van der Waals surface area contributed by atoms with Gasteiger partial charge in [0, 0.05) is 5.69 Å². The summed E-state index contributed by atoms with van der Waals surface area (Å²) in [6.45, 7) is 5.04. The minimum absolute atomic E-state index is 0. The minimum atomic E-state index is -0.0235. The number of rotatable bonds is 2. The standard InChI is InChI=1S/C14H20N2O.ClH/c1-10-7-11(2)9-12(8-10)16-14(17)13-5-3-4-6-15-13;/h7-9,13,15H,3-6H2,1-2H3,(H,16,17);1H/t13-;/m1./s1. The third-order valence-electron chi connectivity index (χ3n) is 3.12. The Balaban J connectivity index is 0.00000162. The number of halogens is 1. The normalized spacial score (nSPS) is 18.9. The second kappa shape index (κ2) is 6.76. The molecule has 1 aliphatic heterocycles. The predicted octanol–water partition coefficient (Wildman–Crippen LogP) is 2.81. The molecular formula is C14H21ClN2O. The molecule has 100 valence electrons. The van der Waals surface area contributed by atoms with Crippen LogP contribution in [0.3, 0.4) is 0 Å². The lowest BCUT2D eigenvalue weighted by molar-refractivity contribution is -0.118. The van der Waals surface area contributed by atoms with E-state index in [-0.39, 0.29) is 24.4 Å². The van der Waals surface area contributed by atoms with Crippen molar-refractivity contribution in [2.75, 3.05) is 11.9 Å². The van der Waals surface area contributed by atoms with Crippen LogP contribution in [0.2, 0.25) is 0 Å². The zero-order valence-corrected chi connectivity index (χ0v) is 11.8. The summed E-state index contributed by atoms with van der Waals surface area (Å²) < 4.78 is 0. The number of carbonyl (C=O) groups excluding carboxylic acids is 1. The van der Waals surface area contributed by atoms with Crippen molar-refractivity contribution in [3.8, 4) is 0 Å². The largest absolute Gasteiger partial charge is 0.325 e. The molecular weight excluding hydrogens is 248 g/mol. The van der Waals surface area contributed by atoms with E-state index in [4.69, 9.17) is 0 Å². The quantitative estimate of drug-likeness (QED) is 0.866. The van der Waals surface area contributed by atoms with Crippen LogP contribution in [0, 0.1) is 13.8 Å². The van der Waals surface area contributed by atoms with Gasteiger partial charge in [-0.15, -0.1) is 12.4 Å². The van der Waals surface area contributed by atoms with Gasteiger partial charge in [0.05, 0.1) is 6.04 Å². The number of piperidine rings is 1. The van der Waals surface area contributed by atoms with E-state index in [1.165, 1.54) is 17.5 Å². The van der Waals surface area contributed by atoms with E-state index in [0.29, 0.717) is 0 Å². The molecule has 1 aliphatic rings. The van der Waals surface area contributed by atoms with Crippen molar-refractivity contribution in [1.82, 2.24) is 5.32 Å². The molecule has 0 aromatic heterocycles. The molecule has 0 radical (unpaired) electrons. The second-order valence-corrected chi connectivity index (χ2v) is 4.87. The van der Waals surface area contributed by atoms with Gasteiger partial charge in [-0.3, -0.25) is 4.79 Å². The SMILES string of the molecule is Cc1cc(C)cc(NC(=O)[C@H]2CCCCN2)c1.Cl. The number of nitrogens with one attached hydrogen (secondary N) is 2. The molecule has 0 aliphatic carbocycles. The molecule has 1 fully saturated rings. The Morgan fingerprint density at radius 3 is 2.44 bits per heavy atom. The highest BCUT2D eigenvalue weighted by Crippen LogP contribution is 2.15. The first-order valence-corrected chi connectivity index (χ1v) is 6.28. The molecule has 2 rings (SSSR count). The predicted molar refractivity (Wildman–Crippen MR) is 77.4 cm³/mol. The summed E-state index contributed by atoms with van der Waals surface area (Å²) in [7, 11) is 0. The summed E-state index contributed by atoms with van der Waals surface area (Å²) in [6, 6.07) is 6.10. The molecule has 1 heterocycles. The summed E-state index contributed by atoms with van der Waals surface area (Å²) >= 11 is 0. The van der Waals surface area contributed by atoms with Gasteiger partial charge in [-0.2, -0.15) is 0 Å². The molecule has 1 aromatic rings. The van der Waals surface area contributed by atoms with Gasteiger partial charge in [0.25, 0.3) is 0 Å². The van der Waals surface area contributed by atoms with Gasteiger partial charge in [-0.1, -0.05) is 12.5 Å². The van der Waals surface area contributed by atoms with E-state index in [1.807, 2.05) is 26.0 Å². The maximum atomic E-state index is 12.0. The van der Waals surface area contributed by atoms with E-state index in [1.54, 1.807) is 0 Å². The fraction of sp³-hybridized carbons (Fsp3) is 0.500. The van der Waals surface area contributed by atoms with Crippen LogP contribution in [-0.4, -0.2) is 18.5 Å². The molecule has 0 saturated carbocycles. The molecule has 0 spiro atoms. The Labute approximate surface area is 115 Å². The Morgan fingerprint density at radius 1 is 1.22 bits per heavy atom. The number of hydrogen-bond acceptors (Lipinski definition) is 2. The summed E-state index contributed by atoms with van der Waals surface area (Å²) in [6.07, 6.45) is 3.25. The number of aryl methyl sites for hydroxylation is 2. The Hall–Kier alpha value is -1.06. The van der Waals surface area contributed by atoms with Gasteiger partial charge in [0.1, 0.15) is 0 Å². The summed E-state index contributed by atoms with van der Waals surface area (Å²) in [4.78, 5) is 12.0. The van der Waals surface area contributed by atoms with Gasteiger partial charge in [0.2, 0.25) is 5.91 Å². The molecule has 1 amide bonds. The first-order valence-electron chi connectivity index (χ1n) is 6.28. The third kappa shape index (κ3) is 4.00. The monoisotopic (exact) mass is 268 g/mol. The van der Waals surface area contributed by atoms with Crippen LogP contribution in [0.4, 0.5) is 5.69 Å². The maximum Gasteiger partial charge on any atom is 0.241 e. The fourth-order valence-electron chi connectivity index (χ4n) is 2.35. The van der Waals surface area contributed by atoms with Gasteiger partial charge in [-0.05, 0) is 56.5 Å². The summed E-state index contributed by atoms with van der Waals surface area (Å²) in [5.41, 5.74) is 3.26. The summed E-state index contributed by atoms with van der Waals surface area (Å²) in [5.74, 6) is 0.0923. The number of anilines is 1. The summed E-state index contributed by atoms with van der Waals surface area (Å²) in [5, 5.41) is 6.25. The third-order valence-corrected chi connectivity index (χ3v) is 3.12. The van der Waals surface area contributed by atoms with Crippen LogP contribution in [0.15, 0.2) is 18.2 Å². The van der Waals surface area contributed by atoms with Crippen molar-refractivity contribution < 1.29 is 4.79 Å². The molecule has 0 bridgehead atoms. The highest BCUT2D eigenvalue weighted by Gasteiger charge is 2.20. The number of carbonyl (C=O) groups is 1. The van der Waals surface area contributed by atoms with Gasteiger partial charge < -0.3 is 10.6 Å². The van der Waals surface area contributed by atoms with E-state index in [0.717, 1.165) is 25.1 Å². The highest BCUT2D eigenvalue weighted by molar-refractivity contribution is 5.95. The number of hydrogen-bond donors (Lipinski definition) is 2. The van der Waals surface area contributed by atoms with Crippen molar-refractivity contribution in [2.45, 2.75) is 39.2 Å². The maximum absolute atomic E-state index is 12.0. The van der Waals surface area contributed by atoms with Crippen LogP contribution in [0.1, 0.15) is 30.4 Å². The molecule has 1 aromatic carbocycles. The second-order valence-electron chi connectivity index (χ2n) is 4.87. The molecule has 3 nitrogen and oxygen atoms in total. The number of amides is 1. The zero-order chi connectivity index (χ0) is 12.3. The average Bonchev–Trinajstić information content (AvgIpc) is 2.28. The van der Waals surface area contributed by atoms with Gasteiger partial charge >= 0.3 is 0 Å². The molecule has 18 heavy (non-hydrogen) atoms. The van der Waals surface area contributed by atoms with Gasteiger partial charge in [-0.25, -0.2) is 0 Å². The first kappa shape index (κ1) is 15.0. The Kier molecular flexibility index (Phi) is 5.63. The minimum Gasteiger partial charge on any atom is -0.325 e. The highest BCUT2D eigenvalue weighted by atomic mass is 35.5. The van der Waals surface area contributed by atoms with Crippen molar-refractivity contribution in [3.63, 3.8) is 0 Å². The van der Waals surface area contributed by atoms with Crippen molar-refractivity contribution in [1.29, 1.82) is 0 Å². The fourth-order valence-corrected chi connectivity index (χ4v) is 2.35. The lowest BCUT2D eigenvalue weighted by atomic mass is 10.0. The Bertz CT molecular complexity index is 394. The lowest BCUT2D eigenvalue weighted by Gasteiger charge is -2.22. The van der Waals surface area contributed by atoms with Crippen LogP contribution in [0.25, 0.3) is 0 Å². The van der Waals surface area contributed by atoms with Crippen molar-refractivity contribution in [2.24, 2.45) is 0 Å². The molecule has 1 saturated heterocycles. The molecule has 2 N–H and O–H groups in total. The van der Waals surface area contributed by atoms with E-state index in [2.05, 4.69) is 16.7 Å². The van der Waals surface area contributed by atoms with Crippen LogP contribution >= 0.6 is 12.4 Å². The number of benzene rings is 1. The van der Waals surface area contributed by atoms with Crippen molar-refractivity contribution in [3.05, 3.63) is 29.3 Å². The van der Waals surface area contributed by atoms with Crippen LogP contribution in [0.5, 0.6) is 0 Å². The van der Waals surface area contributed by atoms with E-state index < -0.39 is 0 Å². The van der Waals surface area contributed by atoms with Crippen molar-refractivity contribution >= 4 is 24.0 Å². The zero-order valence-electron chi connectivity index (χ0n) is 11.0.